The third kappa shape index (κ3) is 4.38. The Balaban J connectivity index is 2.27. The fraction of sp³-hybridized carbons (Fsp3) is 1.00. The van der Waals surface area contributed by atoms with E-state index in [0.29, 0.717) is 0 Å². The van der Waals surface area contributed by atoms with Crippen LogP contribution in [0.2, 0.25) is 0 Å². The van der Waals surface area contributed by atoms with Crippen LogP contribution in [0.15, 0.2) is 0 Å². The van der Waals surface area contributed by atoms with Crippen LogP contribution in [0.5, 0.6) is 0 Å². The maximum absolute atomic E-state index is 11.7. The Labute approximate surface area is 81.7 Å². The Hall–Kier alpha value is -0.150. The average Bonchev–Trinajstić information content (AvgIpc) is 2.14. The van der Waals surface area contributed by atoms with Crippen LogP contribution >= 0.6 is 8.03 Å². The van der Waals surface area contributed by atoms with Crippen molar-refractivity contribution in [3.8, 4) is 0 Å². The van der Waals surface area contributed by atoms with Crippen molar-refractivity contribution in [3.05, 3.63) is 0 Å². The Kier molecular flexibility index (Phi) is 4.32. The highest BCUT2D eigenvalue weighted by molar-refractivity contribution is 7.40. The van der Waals surface area contributed by atoms with Crippen molar-refractivity contribution >= 4 is 8.03 Å². The fourth-order valence-electron chi connectivity index (χ4n) is 1.53. The van der Waals surface area contributed by atoms with Crippen LogP contribution in [0.1, 0.15) is 32.1 Å². The first-order chi connectivity index (χ1) is 6.49. The van der Waals surface area contributed by atoms with Gasteiger partial charge in [0, 0.05) is 0 Å². The normalized spacial score (nSPS) is 20.9. The topological polar surface area (TPSA) is 26.3 Å². The second-order valence-electron chi connectivity index (χ2n) is 3.47. The summed E-state index contributed by atoms with van der Waals surface area (Å²) < 4.78 is 50.8. The molecule has 14 heavy (non-hydrogen) atoms. The van der Waals surface area contributed by atoms with Crippen LogP contribution in [0.3, 0.4) is 0 Å². The Morgan fingerprint density at radius 3 is 2.29 bits per heavy atom. The summed E-state index contributed by atoms with van der Waals surface area (Å²) in [6.45, 7) is -1.39. The van der Waals surface area contributed by atoms with Gasteiger partial charge in [-0.3, -0.25) is 0 Å². The van der Waals surface area contributed by atoms with E-state index in [0.717, 1.165) is 32.1 Å². The van der Waals surface area contributed by atoms with Crippen molar-refractivity contribution in [2.45, 2.75) is 43.9 Å². The van der Waals surface area contributed by atoms with E-state index in [-0.39, 0.29) is 5.66 Å². The molecule has 1 aliphatic rings. The number of halogens is 3. The van der Waals surface area contributed by atoms with Crippen LogP contribution in [-0.4, -0.2) is 18.4 Å². The minimum Gasteiger partial charge on any atom is -0.168 e. The van der Waals surface area contributed by atoms with E-state index in [4.69, 9.17) is 0 Å². The van der Waals surface area contributed by atoms with Crippen LogP contribution in [0.4, 0.5) is 13.2 Å². The van der Waals surface area contributed by atoms with E-state index < -0.39 is 20.8 Å². The lowest BCUT2D eigenvalue weighted by atomic mass is 10.0. The molecular weight excluding hydrogens is 216 g/mol. The molecule has 1 saturated carbocycles. The first-order valence-electron chi connectivity index (χ1n) is 4.65. The third-order valence-corrected chi connectivity index (χ3v) is 3.72. The first-order valence-corrected chi connectivity index (χ1v) is 5.90. The lowest BCUT2D eigenvalue weighted by Crippen LogP contribution is -2.17. The molecule has 0 aromatic rings. The molecule has 1 fully saturated rings. The minimum absolute atomic E-state index is 0.166. The average molecular weight is 229 g/mol. The van der Waals surface area contributed by atoms with Crippen molar-refractivity contribution in [2.24, 2.45) is 0 Å². The third-order valence-electron chi connectivity index (χ3n) is 2.23. The van der Waals surface area contributed by atoms with Gasteiger partial charge in [0.15, 0.2) is 12.3 Å². The molecule has 0 amide bonds. The van der Waals surface area contributed by atoms with Gasteiger partial charge in [0.2, 0.25) is 0 Å². The summed E-state index contributed by atoms with van der Waals surface area (Å²) in [5, 5.41) is 0. The van der Waals surface area contributed by atoms with Crippen LogP contribution in [0, 0.1) is 0 Å². The summed E-state index contributed by atoms with van der Waals surface area (Å²) in [4.78, 5) is 0. The van der Waals surface area contributed by atoms with Gasteiger partial charge in [-0.2, -0.15) is 13.2 Å². The zero-order valence-corrected chi connectivity index (χ0v) is 8.61. The molecular formula is C8H13F3O2P+. The van der Waals surface area contributed by atoms with Crippen molar-refractivity contribution in [1.82, 2.24) is 0 Å². The maximum atomic E-state index is 11.7. The lowest BCUT2D eigenvalue weighted by Gasteiger charge is -2.11. The van der Waals surface area contributed by atoms with Gasteiger partial charge in [-0.15, -0.1) is 4.52 Å². The maximum Gasteiger partial charge on any atom is 0.511 e. The van der Waals surface area contributed by atoms with Crippen molar-refractivity contribution in [2.75, 3.05) is 6.61 Å². The molecule has 82 valence electrons. The summed E-state index contributed by atoms with van der Waals surface area (Å²) in [6, 6.07) is 0. The molecule has 1 atom stereocenters. The van der Waals surface area contributed by atoms with Crippen molar-refractivity contribution < 1.29 is 22.3 Å². The SMILES string of the molecule is O=[P+](OCC(F)(F)F)C1CCCCC1. The van der Waals surface area contributed by atoms with E-state index in [1.165, 1.54) is 0 Å². The van der Waals surface area contributed by atoms with Crippen molar-refractivity contribution in [3.63, 3.8) is 0 Å². The molecule has 0 radical (unpaired) electrons. The summed E-state index contributed by atoms with van der Waals surface area (Å²) in [5.74, 6) is 0. The molecule has 2 nitrogen and oxygen atoms in total. The zero-order chi connectivity index (χ0) is 10.6. The van der Waals surface area contributed by atoms with Gasteiger partial charge >= 0.3 is 14.2 Å². The van der Waals surface area contributed by atoms with Crippen molar-refractivity contribution in [1.29, 1.82) is 0 Å². The molecule has 0 bridgehead atoms. The highest BCUT2D eigenvalue weighted by atomic mass is 31.1. The number of hydrogen-bond acceptors (Lipinski definition) is 2. The molecule has 0 spiro atoms. The zero-order valence-electron chi connectivity index (χ0n) is 7.72. The second-order valence-corrected chi connectivity index (χ2v) is 5.03. The van der Waals surface area contributed by atoms with Crippen LogP contribution in [0.25, 0.3) is 0 Å². The predicted octanol–water partition coefficient (Wildman–Crippen LogP) is 3.64. The smallest absolute Gasteiger partial charge is 0.168 e. The van der Waals surface area contributed by atoms with Gasteiger partial charge in [0.1, 0.15) is 0 Å². The molecule has 1 aliphatic carbocycles. The standard InChI is InChI=1S/C8H13F3O2P/c9-8(10,11)6-13-14(12)7-4-2-1-3-5-7/h7H,1-6H2/q+1. The van der Waals surface area contributed by atoms with E-state index in [2.05, 4.69) is 4.52 Å². The van der Waals surface area contributed by atoms with Gasteiger partial charge in [-0.05, 0) is 30.2 Å². The Morgan fingerprint density at radius 1 is 1.21 bits per heavy atom. The molecule has 0 N–H and O–H groups in total. The van der Waals surface area contributed by atoms with Gasteiger partial charge in [-0.25, -0.2) is 0 Å². The van der Waals surface area contributed by atoms with Crippen LogP contribution < -0.4 is 0 Å². The number of alkyl halides is 3. The molecule has 0 saturated heterocycles. The lowest BCUT2D eigenvalue weighted by molar-refractivity contribution is -0.152. The molecule has 0 heterocycles. The molecule has 6 heteroatoms. The highest BCUT2D eigenvalue weighted by Crippen LogP contribution is 2.40. The predicted molar refractivity (Wildman–Crippen MR) is 46.5 cm³/mol. The summed E-state index contributed by atoms with van der Waals surface area (Å²) in [7, 11) is -2.13. The second kappa shape index (κ2) is 5.08. The molecule has 1 rings (SSSR count). The van der Waals surface area contributed by atoms with Crippen LogP contribution in [-0.2, 0) is 9.09 Å². The quantitative estimate of drug-likeness (QED) is 0.690. The number of rotatable bonds is 3. The van der Waals surface area contributed by atoms with Gasteiger partial charge in [0.25, 0.3) is 0 Å². The van der Waals surface area contributed by atoms with E-state index >= 15 is 0 Å². The monoisotopic (exact) mass is 229 g/mol. The summed E-state index contributed by atoms with van der Waals surface area (Å²) >= 11 is 0. The fourth-order valence-corrected chi connectivity index (χ4v) is 2.81. The van der Waals surface area contributed by atoms with E-state index in [1.54, 1.807) is 0 Å². The van der Waals surface area contributed by atoms with Gasteiger partial charge < -0.3 is 0 Å². The Bertz CT molecular complexity index is 199. The minimum atomic E-state index is -4.38. The molecule has 0 aliphatic heterocycles. The largest absolute Gasteiger partial charge is 0.511 e. The van der Waals surface area contributed by atoms with E-state index in [9.17, 15) is 17.7 Å². The van der Waals surface area contributed by atoms with Gasteiger partial charge in [-0.1, -0.05) is 6.42 Å². The molecule has 1 unspecified atom stereocenters. The van der Waals surface area contributed by atoms with E-state index in [1.807, 2.05) is 0 Å². The summed E-state index contributed by atoms with van der Waals surface area (Å²) in [5.41, 5.74) is -0.166. The van der Waals surface area contributed by atoms with Gasteiger partial charge in [0.05, 0.1) is 0 Å². The molecule has 0 aromatic heterocycles. The summed E-state index contributed by atoms with van der Waals surface area (Å²) in [6.07, 6.45) is 0.0565. The molecule has 0 aromatic carbocycles. The highest BCUT2D eigenvalue weighted by Gasteiger charge is 2.39. The Morgan fingerprint density at radius 2 is 1.79 bits per heavy atom. The number of hydrogen-bond donors (Lipinski definition) is 0. The first kappa shape index (κ1) is 11.9.